The first kappa shape index (κ1) is 17.1. The molecule has 0 spiro atoms. The van der Waals surface area contributed by atoms with E-state index in [0.29, 0.717) is 16.4 Å². The monoisotopic (exact) mass is 374 g/mol. The van der Waals surface area contributed by atoms with Crippen molar-refractivity contribution >= 4 is 34.8 Å². The predicted octanol–water partition coefficient (Wildman–Crippen LogP) is 3.25. The van der Waals surface area contributed by atoms with Crippen molar-refractivity contribution in [1.29, 1.82) is 0 Å². The summed E-state index contributed by atoms with van der Waals surface area (Å²) < 4.78 is 1.09. The SMILES string of the molecule is O=C(Cn1nc(-c2ccncc2)ccc1=O)Nc1cccc(Cl)c1Cl. The van der Waals surface area contributed by atoms with Gasteiger partial charge in [-0.3, -0.25) is 14.6 Å². The van der Waals surface area contributed by atoms with Gasteiger partial charge in [-0.1, -0.05) is 29.3 Å². The Kier molecular flexibility index (Phi) is 5.11. The summed E-state index contributed by atoms with van der Waals surface area (Å²) in [4.78, 5) is 28.1. The van der Waals surface area contributed by atoms with Gasteiger partial charge < -0.3 is 5.32 Å². The zero-order valence-corrected chi connectivity index (χ0v) is 14.3. The number of pyridine rings is 1. The van der Waals surface area contributed by atoms with Crippen LogP contribution in [0.4, 0.5) is 5.69 Å². The van der Waals surface area contributed by atoms with Crippen molar-refractivity contribution in [2.24, 2.45) is 0 Å². The molecule has 0 atom stereocenters. The van der Waals surface area contributed by atoms with Gasteiger partial charge in [0.25, 0.3) is 5.56 Å². The number of anilines is 1. The van der Waals surface area contributed by atoms with Crippen molar-refractivity contribution in [1.82, 2.24) is 14.8 Å². The average molecular weight is 375 g/mol. The maximum absolute atomic E-state index is 12.2. The molecule has 0 unspecified atom stereocenters. The van der Waals surface area contributed by atoms with Crippen molar-refractivity contribution in [3.8, 4) is 11.3 Å². The number of hydrogen-bond donors (Lipinski definition) is 1. The average Bonchev–Trinajstić information content (AvgIpc) is 2.61. The third kappa shape index (κ3) is 4.04. The normalized spacial score (nSPS) is 10.5. The molecule has 0 aliphatic rings. The van der Waals surface area contributed by atoms with Crippen LogP contribution < -0.4 is 10.9 Å². The number of benzene rings is 1. The molecule has 0 saturated heterocycles. The lowest BCUT2D eigenvalue weighted by Gasteiger charge is -2.10. The number of nitrogens with one attached hydrogen (secondary N) is 1. The number of carbonyl (C=O) groups is 1. The molecule has 25 heavy (non-hydrogen) atoms. The van der Waals surface area contributed by atoms with E-state index < -0.39 is 5.91 Å². The van der Waals surface area contributed by atoms with Gasteiger partial charge in [0.15, 0.2) is 0 Å². The fraction of sp³-hybridized carbons (Fsp3) is 0.0588. The molecule has 0 aliphatic carbocycles. The first-order chi connectivity index (χ1) is 12.0. The largest absolute Gasteiger partial charge is 0.323 e. The fourth-order valence-corrected chi connectivity index (χ4v) is 2.51. The van der Waals surface area contributed by atoms with Gasteiger partial charge >= 0.3 is 0 Å². The van der Waals surface area contributed by atoms with E-state index in [-0.39, 0.29) is 17.1 Å². The number of halogens is 2. The Balaban J connectivity index is 1.81. The van der Waals surface area contributed by atoms with Crippen LogP contribution in [-0.4, -0.2) is 20.7 Å². The van der Waals surface area contributed by atoms with E-state index >= 15 is 0 Å². The van der Waals surface area contributed by atoms with Crippen molar-refractivity contribution in [3.05, 3.63) is 75.3 Å². The van der Waals surface area contributed by atoms with E-state index in [1.165, 1.54) is 6.07 Å². The summed E-state index contributed by atoms with van der Waals surface area (Å²) in [5, 5.41) is 7.41. The van der Waals surface area contributed by atoms with Crippen LogP contribution in [0.5, 0.6) is 0 Å². The highest BCUT2D eigenvalue weighted by Crippen LogP contribution is 2.29. The fourth-order valence-electron chi connectivity index (χ4n) is 2.16. The van der Waals surface area contributed by atoms with E-state index in [2.05, 4.69) is 15.4 Å². The van der Waals surface area contributed by atoms with E-state index in [0.717, 1.165) is 10.2 Å². The lowest BCUT2D eigenvalue weighted by molar-refractivity contribution is -0.117. The molecule has 0 aliphatic heterocycles. The van der Waals surface area contributed by atoms with E-state index in [9.17, 15) is 9.59 Å². The highest BCUT2D eigenvalue weighted by atomic mass is 35.5. The summed E-state index contributed by atoms with van der Waals surface area (Å²) in [5.74, 6) is -0.439. The Labute approximate surface area is 153 Å². The van der Waals surface area contributed by atoms with E-state index in [1.54, 1.807) is 48.8 Å². The molecule has 6 nitrogen and oxygen atoms in total. The van der Waals surface area contributed by atoms with Crippen molar-refractivity contribution in [2.45, 2.75) is 6.54 Å². The van der Waals surface area contributed by atoms with Crippen molar-refractivity contribution in [3.63, 3.8) is 0 Å². The van der Waals surface area contributed by atoms with Crippen LogP contribution in [0.1, 0.15) is 0 Å². The highest BCUT2D eigenvalue weighted by molar-refractivity contribution is 6.43. The molecule has 2 aromatic heterocycles. The number of aromatic nitrogens is 3. The summed E-state index contributed by atoms with van der Waals surface area (Å²) >= 11 is 12.0. The Morgan fingerprint density at radius 3 is 2.60 bits per heavy atom. The van der Waals surface area contributed by atoms with Gasteiger partial charge in [0.1, 0.15) is 6.54 Å². The van der Waals surface area contributed by atoms with Crippen LogP contribution >= 0.6 is 23.2 Å². The minimum atomic E-state index is -0.439. The van der Waals surface area contributed by atoms with Crippen molar-refractivity contribution in [2.75, 3.05) is 5.32 Å². The molecule has 0 saturated carbocycles. The summed E-state index contributed by atoms with van der Waals surface area (Å²) in [6.45, 7) is -0.249. The van der Waals surface area contributed by atoms with Gasteiger partial charge in [-0.25, -0.2) is 4.68 Å². The third-order valence-electron chi connectivity index (χ3n) is 3.36. The molecule has 2 heterocycles. The Bertz CT molecular complexity index is 974. The van der Waals surface area contributed by atoms with Gasteiger partial charge in [0.2, 0.25) is 5.91 Å². The lowest BCUT2D eigenvalue weighted by Crippen LogP contribution is -2.29. The van der Waals surface area contributed by atoms with Gasteiger partial charge in [0, 0.05) is 24.0 Å². The molecule has 0 radical (unpaired) electrons. The van der Waals surface area contributed by atoms with E-state index in [1.807, 2.05) is 0 Å². The van der Waals surface area contributed by atoms with Crippen LogP contribution in [-0.2, 0) is 11.3 Å². The molecule has 1 N–H and O–H groups in total. The Hall–Kier alpha value is -2.70. The zero-order valence-electron chi connectivity index (χ0n) is 12.8. The lowest BCUT2D eigenvalue weighted by atomic mass is 10.2. The minimum Gasteiger partial charge on any atom is -0.323 e. The minimum absolute atomic E-state index is 0.239. The quantitative estimate of drug-likeness (QED) is 0.760. The predicted molar refractivity (Wildman–Crippen MR) is 96.8 cm³/mol. The van der Waals surface area contributed by atoms with E-state index in [4.69, 9.17) is 23.2 Å². The summed E-state index contributed by atoms with van der Waals surface area (Å²) in [6, 6.07) is 11.4. The molecule has 3 aromatic rings. The topological polar surface area (TPSA) is 76.9 Å². The first-order valence-corrected chi connectivity index (χ1v) is 8.02. The smallest absolute Gasteiger partial charge is 0.267 e. The maximum Gasteiger partial charge on any atom is 0.267 e. The highest BCUT2D eigenvalue weighted by Gasteiger charge is 2.11. The van der Waals surface area contributed by atoms with Gasteiger partial charge in [-0.2, -0.15) is 5.10 Å². The molecule has 1 amide bonds. The van der Waals surface area contributed by atoms with Crippen LogP contribution in [0.15, 0.2) is 59.7 Å². The third-order valence-corrected chi connectivity index (χ3v) is 4.18. The van der Waals surface area contributed by atoms with Crippen molar-refractivity contribution < 1.29 is 4.79 Å². The van der Waals surface area contributed by atoms with Crippen LogP contribution in [0.2, 0.25) is 10.0 Å². The molecular formula is C17H12Cl2N4O2. The van der Waals surface area contributed by atoms with Gasteiger partial charge in [0.05, 0.1) is 21.4 Å². The molecule has 1 aromatic carbocycles. The van der Waals surface area contributed by atoms with Crippen LogP contribution in [0.25, 0.3) is 11.3 Å². The molecule has 3 rings (SSSR count). The molecule has 0 bridgehead atoms. The zero-order chi connectivity index (χ0) is 17.8. The second kappa shape index (κ2) is 7.46. The Morgan fingerprint density at radius 2 is 1.84 bits per heavy atom. The van der Waals surface area contributed by atoms with Gasteiger partial charge in [-0.15, -0.1) is 0 Å². The van der Waals surface area contributed by atoms with Crippen LogP contribution in [0.3, 0.4) is 0 Å². The first-order valence-electron chi connectivity index (χ1n) is 7.27. The van der Waals surface area contributed by atoms with Crippen LogP contribution in [0, 0.1) is 0 Å². The second-order valence-corrected chi connectivity index (χ2v) is 5.89. The number of carbonyl (C=O) groups excluding carboxylic acids is 1. The maximum atomic E-state index is 12.2. The molecule has 0 fully saturated rings. The standard InChI is InChI=1S/C17H12Cl2N4O2/c18-12-2-1-3-14(17(12)19)21-15(24)10-23-16(25)5-4-13(22-23)11-6-8-20-9-7-11/h1-9H,10H2,(H,21,24). The summed E-state index contributed by atoms with van der Waals surface area (Å²) in [6.07, 6.45) is 3.25. The molecular weight excluding hydrogens is 363 g/mol. The Morgan fingerprint density at radius 1 is 1.08 bits per heavy atom. The molecule has 126 valence electrons. The number of amides is 1. The summed E-state index contributed by atoms with van der Waals surface area (Å²) in [7, 11) is 0. The summed E-state index contributed by atoms with van der Waals surface area (Å²) in [5.41, 5.74) is 1.35. The van der Waals surface area contributed by atoms with Gasteiger partial charge in [-0.05, 0) is 30.3 Å². The number of hydrogen-bond acceptors (Lipinski definition) is 4. The number of nitrogens with zero attached hydrogens (tertiary/aromatic N) is 3. The number of rotatable bonds is 4. The molecule has 8 heteroatoms. The second-order valence-electron chi connectivity index (χ2n) is 5.10.